The van der Waals surface area contributed by atoms with Crippen molar-refractivity contribution in [3.63, 3.8) is 0 Å². The molecule has 148 valence electrons. The monoisotopic (exact) mass is 382 g/mol. The van der Waals surface area contributed by atoms with Gasteiger partial charge >= 0.3 is 0 Å². The average molecular weight is 383 g/mol. The Morgan fingerprint density at radius 2 is 1.34 bits per heavy atom. The first kappa shape index (κ1) is 19.6. The number of hydrogen-bond acceptors (Lipinski definition) is 2. The van der Waals surface area contributed by atoms with Crippen LogP contribution in [0.5, 0.6) is 0 Å². The number of nitrogens with zero attached hydrogens (tertiary/aromatic N) is 2. The molecule has 2 heteroatoms. The van der Waals surface area contributed by atoms with E-state index in [1.165, 1.54) is 27.5 Å². The predicted molar refractivity (Wildman–Crippen MR) is 124 cm³/mol. The first-order valence-corrected chi connectivity index (χ1v) is 11.1. The molecule has 0 aliphatic rings. The van der Waals surface area contributed by atoms with Gasteiger partial charge in [-0.3, -0.25) is 0 Å². The summed E-state index contributed by atoms with van der Waals surface area (Å²) >= 11 is 0. The lowest BCUT2D eigenvalue weighted by molar-refractivity contribution is 0.859. The van der Waals surface area contributed by atoms with Gasteiger partial charge in [-0.2, -0.15) is 0 Å². The van der Waals surface area contributed by atoms with E-state index >= 15 is 0 Å². The SMILES string of the molecule is CCCc1c(-c2ccc3ccccc3n2)nc2cccc(CCC)c2c1CCC. The Balaban J connectivity index is 2.03. The van der Waals surface area contributed by atoms with Gasteiger partial charge in [0.2, 0.25) is 0 Å². The Hall–Kier alpha value is -2.74. The zero-order chi connectivity index (χ0) is 20.2. The molecule has 0 aliphatic heterocycles. The highest BCUT2D eigenvalue weighted by Crippen LogP contribution is 2.34. The van der Waals surface area contributed by atoms with E-state index in [9.17, 15) is 0 Å². The van der Waals surface area contributed by atoms with Crippen molar-refractivity contribution in [2.75, 3.05) is 0 Å². The Kier molecular flexibility index (Phi) is 5.89. The van der Waals surface area contributed by atoms with Gasteiger partial charge in [0, 0.05) is 10.8 Å². The van der Waals surface area contributed by atoms with Crippen LogP contribution in [0, 0.1) is 0 Å². The quantitative estimate of drug-likeness (QED) is 0.335. The number of rotatable bonds is 7. The molecule has 2 aromatic heterocycles. The molecule has 29 heavy (non-hydrogen) atoms. The Morgan fingerprint density at radius 3 is 2.14 bits per heavy atom. The molecule has 0 saturated heterocycles. The highest BCUT2D eigenvalue weighted by molar-refractivity contribution is 5.90. The summed E-state index contributed by atoms with van der Waals surface area (Å²) < 4.78 is 0. The molecule has 0 bridgehead atoms. The molecule has 0 unspecified atom stereocenters. The second kappa shape index (κ2) is 8.73. The van der Waals surface area contributed by atoms with Gasteiger partial charge in [-0.25, -0.2) is 9.97 Å². The zero-order valence-electron chi connectivity index (χ0n) is 17.8. The van der Waals surface area contributed by atoms with Crippen LogP contribution in [0.15, 0.2) is 54.6 Å². The molecule has 4 aromatic rings. The number of aromatic nitrogens is 2. The fourth-order valence-electron chi connectivity index (χ4n) is 4.44. The molecular weight excluding hydrogens is 352 g/mol. The maximum atomic E-state index is 5.19. The van der Waals surface area contributed by atoms with Crippen molar-refractivity contribution in [2.24, 2.45) is 0 Å². The van der Waals surface area contributed by atoms with Crippen LogP contribution in [0.25, 0.3) is 33.2 Å². The van der Waals surface area contributed by atoms with E-state index in [0.717, 1.165) is 60.9 Å². The second-order valence-electron chi connectivity index (χ2n) is 7.87. The van der Waals surface area contributed by atoms with Crippen molar-refractivity contribution < 1.29 is 0 Å². The van der Waals surface area contributed by atoms with Crippen molar-refractivity contribution >= 4 is 21.8 Å². The fourth-order valence-corrected chi connectivity index (χ4v) is 4.44. The van der Waals surface area contributed by atoms with E-state index in [2.05, 4.69) is 75.4 Å². The van der Waals surface area contributed by atoms with Gasteiger partial charge in [0.25, 0.3) is 0 Å². The number of benzene rings is 2. The van der Waals surface area contributed by atoms with Crippen molar-refractivity contribution in [1.82, 2.24) is 9.97 Å². The zero-order valence-corrected chi connectivity index (χ0v) is 17.8. The van der Waals surface area contributed by atoms with E-state index in [1.807, 2.05) is 0 Å². The lowest BCUT2D eigenvalue weighted by Crippen LogP contribution is -2.05. The molecule has 2 heterocycles. The summed E-state index contributed by atoms with van der Waals surface area (Å²) in [4.78, 5) is 10.2. The molecule has 0 aliphatic carbocycles. The summed E-state index contributed by atoms with van der Waals surface area (Å²) in [5, 5.41) is 2.57. The molecule has 0 amide bonds. The summed E-state index contributed by atoms with van der Waals surface area (Å²) in [6.07, 6.45) is 6.65. The van der Waals surface area contributed by atoms with Crippen molar-refractivity contribution in [3.05, 3.63) is 71.3 Å². The molecule has 0 radical (unpaired) electrons. The van der Waals surface area contributed by atoms with Crippen LogP contribution >= 0.6 is 0 Å². The van der Waals surface area contributed by atoms with Gasteiger partial charge in [-0.15, -0.1) is 0 Å². The summed E-state index contributed by atoms with van der Waals surface area (Å²) in [6, 6.07) is 19.3. The lowest BCUT2D eigenvalue weighted by Gasteiger charge is -2.19. The van der Waals surface area contributed by atoms with E-state index in [4.69, 9.17) is 9.97 Å². The number of hydrogen-bond donors (Lipinski definition) is 0. The van der Waals surface area contributed by atoms with Crippen LogP contribution in [-0.2, 0) is 19.3 Å². The Labute approximate surface area is 174 Å². The van der Waals surface area contributed by atoms with Gasteiger partial charge in [-0.1, -0.05) is 76.4 Å². The third kappa shape index (κ3) is 3.76. The van der Waals surface area contributed by atoms with E-state index in [0.29, 0.717) is 0 Å². The van der Waals surface area contributed by atoms with Crippen molar-refractivity contribution in [2.45, 2.75) is 59.3 Å². The maximum absolute atomic E-state index is 5.19. The third-order valence-corrected chi connectivity index (χ3v) is 5.67. The largest absolute Gasteiger partial charge is 0.246 e. The highest BCUT2D eigenvalue weighted by Gasteiger charge is 2.18. The second-order valence-corrected chi connectivity index (χ2v) is 7.87. The minimum Gasteiger partial charge on any atom is -0.246 e. The number of aryl methyl sites for hydroxylation is 2. The van der Waals surface area contributed by atoms with Crippen LogP contribution in [0.2, 0.25) is 0 Å². The summed E-state index contributed by atoms with van der Waals surface area (Å²) in [5.41, 5.74) is 8.54. The van der Waals surface area contributed by atoms with Crippen molar-refractivity contribution in [1.29, 1.82) is 0 Å². The molecule has 2 nitrogen and oxygen atoms in total. The Morgan fingerprint density at radius 1 is 0.621 bits per heavy atom. The third-order valence-electron chi connectivity index (χ3n) is 5.67. The van der Waals surface area contributed by atoms with Crippen LogP contribution in [0.3, 0.4) is 0 Å². The molecule has 0 N–H and O–H groups in total. The van der Waals surface area contributed by atoms with E-state index in [-0.39, 0.29) is 0 Å². The first-order chi connectivity index (χ1) is 14.3. The van der Waals surface area contributed by atoms with E-state index < -0.39 is 0 Å². The lowest BCUT2D eigenvalue weighted by atomic mass is 9.89. The predicted octanol–water partition coefficient (Wildman–Crippen LogP) is 7.31. The number of pyridine rings is 2. The minimum atomic E-state index is 0.993. The molecule has 0 spiro atoms. The van der Waals surface area contributed by atoms with Crippen LogP contribution in [0.4, 0.5) is 0 Å². The minimum absolute atomic E-state index is 0.993. The van der Waals surface area contributed by atoms with Gasteiger partial charge in [0.05, 0.1) is 22.4 Å². The molecule has 0 atom stereocenters. The molecule has 2 aromatic carbocycles. The van der Waals surface area contributed by atoms with Crippen LogP contribution < -0.4 is 0 Å². The van der Waals surface area contributed by atoms with Gasteiger partial charge < -0.3 is 0 Å². The van der Waals surface area contributed by atoms with E-state index in [1.54, 1.807) is 0 Å². The van der Waals surface area contributed by atoms with Crippen LogP contribution in [-0.4, -0.2) is 9.97 Å². The van der Waals surface area contributed by atoms with Gasteiger partial charge in [-0.05, 0) is 54.2 Å². The topological polar surface area (TPSA) is 25.8 Å². The smallest absolute Gasteiger partial charge is 0.0928 e. The van der Waals surface area contributed by atoms with Crippen molar-refractivity contribution in [3.8, 4) is 11.4 Å². The van der Waals surface area contributed by atoms with Crippen LogP contribution in [0.1, 0.15) is 56.7 Å². The van der Waals surface area contributed by atoms with Gasteiger partial charge in [0.15, 0.2) is 0 Å². The maximum Gasteiger partial charge on any atom is 0.0928 e. The first-order valence-electron chi connectivity index (χ1n) is 11.1. The average Bonchev–Trinajstić information content (AvgIpc) is 2.75. The fraction of sp³-hybridized carbons (Fsp3) is 0.333. The summed E-state index contributed by atoms with van der Waals surface area (Å²) in [6.45, 7) is 6.79. The molecule has 0 fully saturated rings. The number of para-hydroxylation sites is 1. The Bertz CT molecular complexity index is 1140. The standard InChI is InChI=1S/C27H30N2/c1-4-10-20-14-9-16-24-26(20)21(11-5-2)22(12-6-3)27(29-24)25-18-17-19-13-7-8-15-23(19)28-25/h7-9,13-18H,4-6,10-12H2,1-3H3. The molecular formula is C27H30N2. The summed E-state index contributed by atoms with van der Waals surface area (Å²) in [5.74, 6) is 0. The van der Waals surface area contributed by atoms with Gasteiger partial charge in [0.1, 0.15) is 0 Å². The highest BCUT2D eigenvalue weighted by atomic mass is 14.8. The molecule has 0 saturated carbocycles. The number of fused-ring (bicyclic) bond motifs is 2. The summed E-state index contributed by atoms with van der Waals surface area (Å²) in [7, 11) is 0. The normalized spacial score (nSPS) is 11.4. The molecule has 4 rings (SSSR count).